The molecule has 2 aliphatic carbocycles. The summed E-state index contributed by atoms with van der Waals surface area (Å²) in [5.41, 5.74) is 2.09. The molecule has 1 aromatic heterocycles. The summed E-state index contributed by atoms with van der Waals surface area (Å²) in [6.45, 7) is 5.92. The minimum Gasteiger partial charge on any atom is -0.393 e. The van der Waals surface area contributed by atoms with Crippen molar-refractivity contribution in [2.75, 3.05) is 7.05 Å². The number of aliphatic hydroxyl groups is 1. The highest BCUT2D eigenvalue weighted by molar-refractivity contribution is 5.64. The zero-order valence-corrected chi connectivity index (χ0v) is 21.3. The molecule has 2 N–H and O–H groups in total. The summed E-state index contributed by atoms with van der Waals surface area (Å²) in [6, 6.07) is 8.76. The Balaban J connectivity index is 1.56. The molecule has 2 fully saturated rings. The van der Waals surface area contributed by atoms with Crippen molar-refractivity contribution < 1.29 is 23.1 Å². The highest BCUT2D eigenvalue weighted by Crippen LogP contribution is 2.52. The second-order valence-electron chi connectivity index (χ2n) is 10.5. The Morgan fingerprint density at radius 2 is 1.97 bits per heavy atom. The van der Waals surface area contributed by atoms with Gasteiger partial charge in [-0.15, -0.1) is 0 Å². The first kappa shape index (κ1) is 27.1. The van der Waals surface area contributed by atoms with E-state index in [0.29, 0.717) is 34.6 Å². The van der Waals surface area contributed by atoms with E-state index in [0.717, 1.165) is 49.8 Å². The van der Waals surface area contributed by atoms with Gasteiger partial charge in [0.25, 0.3) is 0 Å². The molecule has 0 radical (unpaired) electrons. The molecular weight excluding hydrogens is 477 g/mol. The average molecular weight is 513 g/mol. The van der Waals surface area contributed by atoms with Crippen LogP contribution in [0.3, 0.4) is 0 Å². The number of benzene rings is 1. The van der Waals surface area contributed by atoms with Crippen molar-refractivity contribution in [2.24, 2.45) is 35.5 Å². The molecule has 4 rings (SSSR count). The van der Waals surface area contributed by atoms with Crippen LogP contribution in [0.4, 0.5) is 13.2 Å². The normalized spacial score (nSPS) is 28.9. The van der Waals surface area contributed by atoms with Gasteiger partial charge in [-0.05, 0) is 86.1 Å². The first-order valence-electron chi connectivity index (χ1n) is 12.9. The summed E-state index contributed by atoms with van der Waals surface area (Å²) in [4.78, 5) is 16.5. The Morgan fingerprint density at radius 1 is 1.19 bits per heavy atom. The van der Waals surface area contributed by atoms with E-state index < -0.39 is 17.8 Å². The van der Waals surface area contributed by atoms with Crippen molar-refractivity contribution in [3.63, 3.8) is 0 Å². The SMILES string of the molecule is C=C(NC)C1CC[C@@H]2[C@@H](C1)C[C@@H](C=O)[C@@H]([C@@H](C)O)[C@H]2/C=C/c1ccc(-c2cccc(C(F)(F)F)c2)cn1. The zero-order valence-electron chi connectivity index (χ0n) is 21.3. The number of aldehydes is 1. The van der Waals surface area contributed by atoms with Crippen molar-refractivity contribution in [1.29, 1.82) is 0 Å². The number of halogens is 3. The van der Waals surface area contributed by atoms with Gasteiger partial charge >= 0.3 is 6.18 Å². The maximum atomic E-state index is 13.1. The summed E-state index contributed by atoms with van der Waals surface area (Å²) >= 11 is 0. The van der Waals surface area contributed by atoms with Gasteiger partial charge in [0.15, 0.2) is 0 Å². The Bertz CT molecular complexity index is 1130. The molecule has 1 unspecified atom stereocenters. The van der Waals surface area contributed by atoms with E-state index in [2.05, 4.69) is 23.0 Å². The van der Waals surface area contributed by atoms with Crippen molar-refractivity contribution >= 4 is 12.4 Å². The van der Waals surface area contributed by atoms with Crippen molar-refractivity contribution in [3.8, 4) is 11.1 Å². The monoisotopic (exact) mass is 512 g/mol. The van der Waals surface area contributed by atoms with E-state index in [1.165, 1.54) is 6.07 Å². The third-order valence-electron chi connectivity index (χ3n) is 8.39. The molecule has 0 spiro atoms. The van der Waals surface area contributed by atoms with Gasteiger partial charge in [-0.1, -0.05) is 30.9 Å². The Labute approximate surface area is 216 Å². The number of aliphatic hydroxyl groups excluding tert-OH is 1. The van der Waals surface area contributed by atoms with Crippen LogP contribution in [0, 0.1) is 35.5 Å². The van der Waals surface area contributed by atoms with Gasteiger partial charge in [0.2, 0.25) is 0 Å². The lowest BCUT2D eigenvalue weighted by atomic mass is 9.55. The molecule has 0 bridgehead atoms. The average Bonchev–Trinajstić information content (AvgIpc) is 2.90. The fourth-order valence-corrected chi connectivity index (χ4v) is 6.52. The van der Waals surface area contributed by atoms with E-state index in [1.54, 1.807) is 31.3 Å². The van der Waals surface area contributed by atoms with E-state index in [4.69, 9.17) is 0 Å². The maximum Gasteiger partial charge on any atom is 0.416 e. The van der Waals surface area contributed by atoms with E-state index in [-0.39, 0.29) is 17.8 Å². The van der Waals surface area contributed by atoms with Crippen LogP contribution < -0.4 is 5.32 Å². The number of hydrogen-bond donors (Lipinski definition) is 2. The van der Waals surface area contributed by atoms with Gasteiger partial charge in [0.1, 0.15) is 6.29 Å². The molecular formula is C30H35F3N2O2. The van der Waals surface area contributed by atoms with Crippen molar-refractivity contribution in [1.82, 2.24) is 10.3 Å². The summed E-state index contributed by atoms with van der Waals surface area (Å²) in [7, 11) is 1.89. The van der Waals surface area contributed by atoms with E-state index in [9.17, 15) is 23.1 Å². The standard InChI is InChI=1S/C30H35F3N2O2/c1-18(34-3)20-8-11-27-23(13-20)14-24(17-36)29(19(2)37)28(27)12-10-26-9-7-22(16-35-26)21-5-4-6-25(15-21)30(31,32)33/h4-7,9-10,12,15-17,19-20,23-24,27-29,34,37H,1,8,11,13-14H2,2-3H3/b12-10+/t19-,20?,23+,24+,27-,28+,29-/m1/s1. The second-order valence-corrected chi connectivity index (χ2v) is 10.5. The number of hydrogen-bond acceptors (Lipinski definition) is 4. The quantitative estimate of drug-likeness (QED) is 0.423. The largest absolute Gasteiger partial charge is 0.416 e. The number of carbonyl (C=O) groups excluding carboxylic acids is 1. The van der Waals surface area contributed by atoms with E-state index >= 15 is 0 Å². The third kappa shape index (κ3) is 5.98. The smallest absolute Gasteiger partial charge is 0.393 e. The molecule has 4 nitrogen and oxygen atoms in total. The highest BCUT2D eigenvalue weighted by Gasteiger charge is 2.47. The van der Waals surface area contributed by atoms with Gasteiger partial charge in [-0.2, -0.15) is 13.2 Å². The first-order valence-corrected chi connectivity index (χ1v) is 12.9. The fourth-order valence-electron chi connectivity index (χ4n) is 6.52. The number of nitrogens with one attached hydrogen (secondary N) is 1. The predicted molar refractivity (Wildman–Crippen MR) is 139 cm³/mol. The molecule has 1 heterocycles. The summed E-state index contributed by atoms with van der Waals surface area (Å²) in [5, 5.41) is 13.8. The zero-order chi connectivity index (χ0) is 26.7. The molecule has 37 heavy (non-hydrogen) atoms. The minimum absolute atomic E-state index is 0.0303. The number of nitrogens with zero attached hydrogens (tertiary/aromatic N) is 1. The lowest BCUT2D eigenvalue weighted by molar-refractivity contribution is -0.137. The number of alkyl halides is 3. The predicted octanol–water partition coefficient (Wildman–Crippen LogP) is 6.38. The Kier molecular flexibility index (Phi) is 8.22. The lowest BCUT2D eigenvalue weighted by Crippen LogP contribution is -2.47. The van der Waals surface area contributed by atoms with Gasteiger partial charge < -0.3 is 15.2 Å². The molecule has 198 valence electrons. The van der Waals surface area contributed by atoms with Crippen LogP contribution in [0.2, 0.25) is 0 Å². The number of aromatic nitrogens is 1. The number of pyridine rings is 1. The van der Waals surface area contributed by atoms with Gasteiger partial charge in [0, 0.05) is 36.3 Å². The first-order chi connectivity index (χ1) is 17.6. The number of carbonyl (C=O) groups is 1. The van der Waals surface area contributed by atoms with Crippen LogP contribution in [-0.4, -0.2) is 29.5 Å². The van der Waals surface area contributed by atoms with Crippen LogP contribution in [-0.2, 0) is 11.0 Å². The Hall–Kier alpha value is -2.93. The highest BCUT2D eigenvalue weighted by atomic mass is 19.4. The minimum atomic E-state index is -4.40. The molecule has 0 saturated heterocycles. The molecule has 1 aromatic carbocycles. The van der Waals surface area contributed by atoms with Crippen LogP contribution >= 0.6 is 0 Å². The number of fused-ring (bicyclic) bond motifs is 1. The molecule has 2 saturated carbocycles. The lowest BCUT2D eigenvalue weighted by Gasteiger charge is -2.50. The topological polar surface area (TPSA) is 62.2 Å². The summed E-state index contributed by atoms with van der Waals surface area (Å²) < 4.78 is 39.3. The maximum absolute atomic E-state index is 13.1. The van der Waals surface area contributed by atoms with Gasteiger partial charge in [-0.25, -0.2) is 0 Å². The fraction of sp³-hybridized carbons (Fsp3) is 0.467. The molecule has 0 amide bonds. The van der Waals surface area contributed by atoms with Crippen molar-refractivity contribution in [2.45, 2.75) is 44.9 Å². The third-order valence-corrected chi connectivity index (χ3v) is 8.39. The number of allylic oxidation sites excluding steroid dienone is 2. The second kappa shape index (κ2) is 11.2. The molecule has 2 aromatic rings. The van der Waals surface area contributed by atoms with Crippen molar-refractivity contribution in [3.05, 3.63) is 72.2 Å². The number of rotatable bonds is 7. The molecule has 2 aliphatic rings. The van der Waals surface area contributed by atoms with Crippen LogP contribution in [0.25, 0.3) is 17.2 Å². The molecule has 0 aliphatic heterocycles. The molecule has 7 heteroatoms. The van der Waals surface area contributed by atoms with Gasteiger partial charge in [-0.3, -0.25) is 4.98 Å². The van der Waals surface area contributed by atoms with E-state index in [1.807, 2.05) is 13.1 Å². The summed E-state index contributed by atoms with van der Waals surface area (Å²) in [5.74, 6) is 0.772. The van der Waals surface area contributed by atoms with Crippen LogP contribution in [0.5, 0.6) is 0 Å². The Morgan fingerprint density at radius 3 is 2.59 bits per heavy atom. The van der Waals surface area contributed by atoms with Gasteiger partial charge in [0.05, 0.1) is 17.4 Å². The van der Waals surface area contributed by atoms with Crippen LogP contribution in [0.15, 0.2) is 60.9 Å². The van der Waals surface area contributed by atoms with Crippen LogP contribution in [0.1, 0.15) is 43.9 Å². The molecule has 7 atom stereocenters. The summed E-state index contributed by atoms with van der Waals surface area (Å²) in [6.07, 6.45) is 5.36.